The fraction of sp³-hybridized carbons (Fsp3) is 0.462. The van der Waals surface area contributed by atoms with Gasteiger partial charge in [-0.2, -0.15) is 0 Å². The lowest BCUT2D eigenvalue weighted by Gasteiger charge is -2.07. The lowest BCUT2D eigenvalue weighted by atomic mass is 10.2. The smallest absolute Gasteiger partial charge is 0.0951 e. The molecule has 2 aromatic heterocycles. The maximum Gasteiger partial charge on any atom is 0.0951 e. The standard InChI is InChI=1S/C13H17N3O/c1-10(17)11-4-5-15(7-11)8-13-6-14-9-16(13)12-2-3-12/h4-7,9-10,12,17H,2-3,8H2,1H3. The Bertz CT molecular complexity index is 508. The maximum atomic E-state index is 9.49. The summed E-state index contributed by atoms with van der Waals surface area (Å²) in [4.78, 5) is 4.22. The number of aromatic nitrogens is 3. The van der Waals surface area contributed by atoms with Gasteiger partial charge in [-0.15, -0.1) is 0 Å². The molecule has 0 amide bonds. The number of hydrogen-bond acceptors (Lipinski definition) is 2. The molecule has 2 aromatic rings. The van der Waals surface area contributed by atoms with Crippen LogP contribution in [0.1, 0.15) is 43.2 Å². The van der Waals surface area contributed by atoms with Gasteiger partial charge in [0.2, 0.25) is 0 Å². The Morgan fingerprint density at radius 2 is 2.35 bits per heavy atom. The first-order valence-corrected chi connectivity index (χ1v) is 6.08. The molecule has 1 fully saturated rings. The van der Waals surface area contributed by atoms with E-state index in [1.54, 1.807) is 6.92 Å². The fourth-order valence-corrected chi connectivity index (χ4v) is 2.13. The van der Waals surface area contributed by atoms with E-state index in [0.717, 1.165) is 12.1 Å². The van der Waals surface area contributed by atoms with E-state index in [1.807, 2.05) is 31.0 Å². The Kier molecular flexibility index (Phi) is 2.52. The first kappa shape index (κ1) is 10.6. The van der Waals surface area contributed by atoms with Crippen LogP contribution in [0.3, 0.4) is 0 Å². The highest BCUT2D eigenvalue weighted by Crippen LogP contribution is 2.35. The molecule has 0 aliphatic heterocycles. The third-order valence-corrected chi connectivity index (χ3v) is 3.29. The minimum absolute atomic E-state index is 0.399. The second kappa shape index (κ2) is 4.04. The average molecular weight is 231 g/mol. The predicted molar refractivity (Wildman–Crippen MR) is 64.7 cm³/mol. The van der Waals surface area contributed by atoms with Gasteiger partial charge in [0.25, 0.3) is 0 Å². The summed E-state index contributed by atoms with van der Waals surface area (Å²) in [5, 5.41) is 9.49. The van der Waals surface area contributed by atoms with Crippen LogP contribution in [-0.2, 0) is 6.54 Å². The molecule has 4 heteroatoms. The van der Waals surface area contributed by atoms with E-state index in [0.29, 0.717) is 6.04 Å². The van der Waals surface area contributed by atoms with Gasteiger partial charge in [-0.05, 0) is 31.4 Å². The lowest BCUT2D eigenvalue weighted by molar-refractivity contribution is 0.199. The van der Waals surface area contributed by atoms with Gasteiger partial charge in [-0.1, -0.05) is 0 Å². The highest BCUT2D eigenvalue weighted by molar-refractivity contribution is 5.14. The van der Waals surface area contributed by atoms with Crippen LogP contribution in [0.5, 0.6) is 0 Å². The molecule has 3 rings (SSSR count). The Morgan fingerprint density at radius 3 is 3.00 bits per heavy atom. The first-order valence-electron chi connectivity index (χ1n) is 6.08. The fourth-order valence-electron chi connectivity index (χ4n) is 2.13. The van der Waals surface area contributed by atoms with Gasteiger partial charge in [0.05, 0.1) is 24.7 Å². The summed E-state index contributed by atoms with van der Waals surface area (Å²) in [6, 6.07) is 2.63. The summed E-state index contributed by atoms with van der Waals surface area (Å²) >= 11 is 0. The van der Waals surface area contributed by atoms with E-state index in [2.05, 4.69) is 14.1 Å². The molecule has 1 atom stereocenters. The predicted octanol–water partition coefficient (Wildman–Crippen LogP) is 2.12. The average Bonchev–Trinajstić information content (AvgIpc) is 2.86. The van der Waals surface area contributed by atoms with Crippen molar-refractivity contribution in [1.82, 2.24) is 14.1 Å². The van der Waals surface area contributed by atoms with Crippen molar-refractivity contribution in [1.29, 1.82) is 0 Å². The Labute approximate surface area is 101 Å². The van der Waals surface area contributed by atoms with Crippen molar-refractivity contribution in [2.75, 3.05) is 0 Å². The van der Waals surface area contributed by atoms with Crippen LogP contribution in [-0.4, -0.2) is 19.2 Å². The Hall–Kier alpha value is -1.55. The van der Waals surface area contributed by atoms with Crippen molar-refractivity contribution in [2.45, 2.75) is 38.5 Å². The molecule has 4 nitrogen and oxygen atoms in total. The van der Waals surface area contributed by atoms with Crippen LogP contribution < -0.4 is 0 Å². The molecule has 1 N–H and O–H groups in total. The normalized spacial score (nSPS) is 17.3. The van der Waals surface area contributed by atoms with Gasteiger partial charge in [0, 0.05) is 24.6 Å². The second-order valence-electron chi connectivity index (χ2n) is 4.82. The molecule has 1 saturated carbocycles. The topological polar surface area (TPSA) is 43.0 Å². The number of aliphatic hydroxyl groups is 1. The van der Waals surface area contributed by atoms with Gasteiger partial charge in [0.15, 0.2) is 0 Å². The van der Waals surface area contributed by atoms with E-state index in [4.69, 9.17) is 0 Å². The van der Waals surface area contributed by atoms with Crippen LogP contribution in [0, 0.1) is 0 Å². The molecule has 0 saturated heterocycles. The van der Waals surface area contributed by atoms with Gasteiger partial charge < -0.3 is 14.2 Å². The highest BCUT2D eigenvalue weighted by Gasteiger charge is 2.25. The van der Waals surface area contributed by atoms with Crippen LogP contribution >= 0.6 is 0 Å². The summed E-state index contributed by atoms with van der Waals surface area (Å²) in [6.45, 7) is 2.61. The number of hydrogen-bond donors (Lipinski definition) is 1. The highest BCUT2D eigenvalue weighted by atomic mass is 16.3. The summed E-state index contributed by atoms with van der Waals surface area (Å²) in [5.74, 6) is 0. The first-order chi connectivity index (χ1) is 8.24. The van der Waals surface area contributed by atoms with E-state index in [9.17, 15) is 5.11 Å². The third kappa shape index (κ3) is 2.13. The van der Waals surface area contributed by atoms with Crippen LogP contribution in [0.15, 0.2) is 31.0 Å². The largest absolute Gasteiger partial charge is 0.389 e. The maximum absolute atomic E-state index is 9.49. The molecule has 17 heavy (non-hydrogen) atoms. The van der Waals surface area contributed by atoms with Crippen LogP contribution in [0.2, 0.25) is 0 Å². The van der Waals surface area contributed by atoms with Crippen molar-refractivity contribution in [3.8, 4) is 0 Å². The van der Waals surface area contributed by atoms with Crippen molar-refractivity contribution in [3.05, 3.63) is 42.2 Å². The quantitative estimate of drug-likeness (QED) is 0.875. The van der Waals surface area contributed by atoms with Gasteiger partial charge in [-0.3, -0.25) is 0 Å². The number of imidazole rings is 1. The summed E-state index contributed by atoms with van der Waals surface area (Å²) < 4.78 is 4.36. The van der Waals surface area contributed by atoms with Crippen molar-refractivity contribution in [3.63, 3.8) is 0 Å². The molecule has 1 aliphatic carbocycles. The summed E-state index contributed by atoms with van der Waals surface area (Å²) in [6.07, 6.45) is 10.00. The van der Waals surface area contributed by atoms with E-state index < -0.39 is 6.10 Å². The Balaban J connectivity index is 1.78. The summed E-state index contributed by atoms with van der Waals surface area (Å²) in [5.41, 5.74) is 2.20. The second-order valence-corrected chi connectivity index (χ2v) is 4.82. The molecule has 0 aromatic carbocycles. The molecule has 90 valence electrons. The van der Waals surface area contributed by atoms with Gasteiger partial charge in [0.1, 0.15) is 0 Å². The molecular formula is C13H17N3O. The lowest BCUT2D eigenvalue weighted by Crippen LogP contribution is -2.04. The minimum atomic E-state index is -0.399. The SMILES string of the molecule is CC(O)c1ccn(Cc2cncn2C2CC2)c1. The summed E-state index contributed by atoms with van der Waals surface area (Å²) in [7, 11) is 0. The molecule has 2 heterocycles. The van der Waals surface area contributed by atoms with E-state index in [1.165, 1.54) is 18.5 Å². The number of aliphatic hydroxyl groups excluding tert-OH is 1. The monoisotopic (exact) mass is 231 g/mol. The van der Waals surface area contributed by atoms with Crippen LogP contribution in [0.4, 0.5) is 0 Å². The van der Waals surface area contributed by atoms with Crippen LogP contribution in [0.25, 0.3) is 0 Å². The number of rotatable bonds is 4. The molecule has 0 bridgehead atoms. The van der Waals surface area contributed by atoms with E-state index in [-0.39, 0.29) is 0 Å². The van der Waals surface area contributed by atoms with Gasteiger partial charge >= 0.3 is 0 Å². The number of nitrogens with zero attached hydrogens (tertiary/aromatic N) is 3. The minimum Gasteiger partial charge on any atom is -0.389 e. The zero-order valence-corrected chi connectivity index (χ0v) is 9.95. The zero-order valence-electron chi connectivity index (χ0n) is 9.95. The van der Waals surface area contributed by atoms with Crippen molar-refractivity contribution < 1.29 is 5.11 Å². The van der Waals surface area contributed by atoms with E-state index >= 15 is 0 Å². The zero-order chi connectivity index (χ0) is 11.8. The molecular weight excluding hydrogens is 214 g/mol. The molecule has 1 aliphatic rings. The van der Waals surface area contributed by atoms with Crippen molar-refractivity contribution in [2.24, 2.45) is 0 Å². The van der Waals surface area contributed by atoms with Gasteiger partial charge in [-0.25, -0.2) is 4.98 Å². The molecule has 1 unspecified atom stereocenters. The molecule has 0 spiro atoms. The Morgan fingerprint density at radius 1 is 1.53 bits per heavy atom. The third-order valence-electron chi connectivity index (χ3n) is 3.29. The van der Waals surface area contributed by atoms with Crippen molar-refractivity contribution >= 4 is 0 Å². The molecule has 0 radical (unpaired) electrons.